The zero-order chi connectivity index (χ0) is 15.3. The summed E-state index contributed by atoms with van der Waals surface area (Å²) in [7, 11) is 1.84. The van der Waals surface area contributed by atoms with Crippen LogP contribution in [0.4, 0.5) is 5.69 Å². The molecule has 4 rings (SSSR count). The first kappa shape index (κ1) is 13.8. The summed E-state index contributed by atoms with van der Waals surface area (Å²) in [4.78, 5) is 29.3. The SMILES string of the molecule is CN1C(=O)C2(CCN(C(=O)C3CCCC3)C2)c2ccccc21. The lowest BCUT2D eigenvalue weighted by atomic mass is 9.81. The van der Waals surface area contributed by atoms with Gasteiger partial charge >= 0.3 is 0 Å². The third-order valence-electron chi connectivity index (χ3n) is 5.78. The van der Waals surface area contributed by atoms with Gasteiger partial charge in [0, 0.05) is 31.7 Å². The molecule has 2 amide bonds. The standard InChI is InChI=1S/C18H22N2O2/c1-19-15-9-5-4-8-14(15)18(17(19)22)10-11-20(12-18)16(21)13-6-2-3-7-13/h4-5,8-9,13H,2-3,6-7,10-12H2,1H3. The van der Waals surface area contributed by atoms with Crippen molar-refractivity contribution in [2.45, 2.75) is 37.5 Å². The van der Waals surface area contributed by atoms with Crippen LogP contribution in [0.2, 0.25) is 0 Å². The fraction of sp³-hybridized carbons (Fsp3) is 0.556. The Morgan fingerprint density at radius 3 is 2.73 bits per heavy atom. The Morgan fingerprint density at radius 1 is 1.23 bits per heavy atom. The van der Waals surface area contributed by atoms with Crippen LogP contribution < -0.4 is 4.90 Å². The number of nitrogens with zero attached hydrogens (tertiary/aromatic N) is 2. The number of anilines is 1. The molecule has 116 valence electrons. The van der Waals surface area contributed by atoms with Crippen LogP contribution in [0.3, 0.4) is 0 Å². The Hall–Kier alpha value is -1.84. The van der Waals surface area contributed by atoms with E-state index in [-0.39, 0.29) is 17.7 Å². The number of likely N-dealkylation sites (N-methyl/N-ethyl adjacent to an activating group) is 1. The molecule has 0 N–H and O–H groups in total. The quantitative estimate of drug-likeness (QED) is 0.798. The minimum Gasteiger partial charge on any atom is -0.341 e. The van der Waals surface area contributed by atoms with Gasteiger partial charge < -0.3 is 9.80 Å². The van der Waals surface area contributed by atoms with Crippen molar-refractivity contribution in [3.8, 4) is 0 Å². The van der Waals surface area contributed by atoms with Crippen molar-refractivity contribution in [1.82, 2.24) is 4.90 Å². The van der Waals surface area contributed by atoms with Gasteiger partial charge in [-0.1, -0.05) is 31.0 Å². The molecule has 2 heterocycles. The second kappa shape index (κ2) is 4.83. The first-order valence-electron chi connectivity index (χ1n) is 8.30. The highest BCUT2D eigenvalue weighted by Gasteiger charge is 2.54. The molecular weight excluding hydrogens is 276 g/mol. The maximum atomic E-state index is 12.9. The summed E-state index contributed by atoms with van der Waals surface area (Å²) in [5.41, 5.74) is 1.60. The Balaban J connectivity index is 1.64. The van der Waals surface area contributed by atoms with Gasteiger partial charge in [0.15, 0.2) is 0 Å². The van der Waals surface area contributed by atoms with Crippen LogP contribution in [-0.4, -0.2) is 36.9 Å². The lowest BCUT2D eigenvalue weighted by molar-refractivity contribution is -0.134. The van der Waals surface area contributed by atoms with Gasteiger partial charge in [-0.3, -0.25) is 9.59 Å². The van der Waals surface area contributed by atoms with Gasteiger partial charge in [0.05, 0.1) is 5.41 Å². The van der Waals surface area contributed by atoms with Gasteiger partial charge in [0.25, 0.3) is 0 Å². The summed E-state index contributed by atoms with van der Waals surface area (Å²) in [6.07, 6.45) is 5.13. The number of rotatable bonds is 1. The van der Waals surface area contributed by atoms with Crippen LogP contribution in [0.1, 0.15) is 37.7 Å². The number of hydrogen-bond donors (Lipinski definition) is 0. The maximum absolute atomic E-state index is 12.9. The monoisotopic (exact) mass is 298 g/mol. The smallest absolute Gasteiger partial charge is 0.239 e. The highest BCUT2D eigenvalue weighted by Crippen LogP contribution is 2.47. The molecule has 0 radical (unpaired) electrons. The number of benzene rings is 1. The van der Waals surface area contributed by atoms with Crippen LogP contribution in [-0.2, 0) is 15.0 Å². The van der Waals surface area contributed by atoms with Gasteiger partial charge in [0.1, 0.15) is 0 Å². The fourth-order valence-electron chi connectivity index (χ4n) is 4.54. The average molecular weight is 298 g/mol. The third kappa shape index (κ3) is 1.76. The molecule has 4 nitrogen and oxygen atoms in total. The molecule has 4 heteroatoms. The Kier molecular flexibility index (Phi) is 3.03. The summed E-state index contributed by atoms with van der Waals surface area (Å²) in [5.74, 6) is 0.615. The molecule has 22 heavy (non-hydrogen) atoms. The summed E-state index contributed by atoms with van der Waals surface area (Å²) >= 11 is 0. The number of fused-ring (bicyclic) bond motifs is 2. The van der Waals surface area contributed by atoms with E-state index in [0.29, 0.717) is 13.1 Å². The van der Waals surface area contributed by atoms with E-state index in [1.165, 1.54) is 12.8 Å². The van der Waals surface area contributed by atoms with E-state index in [4.69, 9.17) is 0 Å². The molecule has 0 bridgehead atoms. The van der Waals surface area contributed by atoms with Crippen molar-refractivity contribution in [3.05, 3.63) is 29.8 Å². The van der Waals surface area contributed by atoms with Crippen molar-refractivity contribution in [2.24, 2.45) is 5.92 Å². The molecule has 2 fully saturated rings. The largest absolute Gasteiger partial charge is 0.341 e. The molecule has 0 aromatic heterocycles. The van der Waals surface area contributed by atoms with Gasteiger partial charge in [0.2, 0.25) is 11.8 Å². The Labute approximate surface area is 131 Å². The normalized spacial score (nSPS) is 28.0. The molecular formula is C18H22N2O2. The number of amides is 2. The third-order valence-corrected chi connectivity index (χ3v) is 5.78. The van der Waals surface area contributed by atoms with Crippen molar-refractivity contribution >= 4 is 17.5 Å². The Morgan fingerprint density at radius 2 is 1.95 bits per heavy atom. The lowest BCUT2D eigenvalue weighted by Gasteiger charge is -2.25. The molecule has 1 atom stereocenters. The molecule has 1 saturated heterocycles. The molecule has 1 unspecified atom stereocenters. The van der Waals surface area contributed by atoms with E-state index < -0.39 is 5.41 Å². The van der Waals surface area contributed by atoms with E-state index in [0.717, 1.165) is 30.5 Å². The van der Waals surface area contributed by atoms with E-state index >= 15 is 0 Å². The number of carbonyl (C=O) groups is 2. The van der Waals surface area contributed by atoms with Gasteiger partial charge in [-0.2, -0.15) is 0 Å². The lowest BCUT2D eigenvalue weighted by Crippen LogP contribution is -2.43. The minimum absolute atomic E-state index is 0.149. The second-order valence-electron chi connectivity index (χ2n) is 6.95. The zero-order valence-corrected chi connectivity index (χ0v) is 13.0. The minimum atomic E-state index is -0.500. The predicted molar refractivity (Wildman–Crippen MR) is 84.7 cm³/mol. The zero-order valence-electron chi connectivity index (χ0n) is 13.0. The van der Waals surface area contributed by atoms with Gasteiger partial charge in [-0.05, 0) is 30.9 Å². The Bertz CT molecular complexity index is 636. The summed E-state index contributed by atoms with van der Waals surface area (Å²) in [6, 6.07) is 8.02. The highest BCUT2D eigenvalue weighted by molar-refractivity contribution is 6.08. The maximum Gasteiger partial charge on any atom is 0.239 e. The van der Waals surface area contributed by atoms with Crippen LogP contribution in [0.15, 0.2) is 24.3 Å². The van der Waals surface area contributed by atoms with E-state index in [1.54, 1.807) is 4.90 Å². The number of hydrogen-bond acceptors (Lipinski definition) is 2. The van der Waals surface area contributed by atoms with Crippen LogP contribution in [0.5, 0.6) is 0 Å². The second-order valence-corrected chi connectivity index (χ2v) is 6.95. The summed E-state index contributed by atoms with van der Waals surface area (Å²) in [5, 5.41) is 0. The first-order valence-corrected chi connectivity index (χ1v) is 8.30. The fourth-order valence-corrected chi connectivity index (χ4v) is 4.54. The molecule has 2 aliphatic heterocycles. The van der Waals surface area contributed by atoms with Crippen molar-refractivity contribution < 1.29 is 9.59 Å². The van der Waals surface area contributed by atoms with Gasteiger partial charge in [-0.15, -0.1) is 0 Å². The molecule has 3 aliphatic rings. The first-order chi connectivity index (χ1) is 10.6. The number of likely N-dealkylation sites (tertiary alicyclic amines) is 1. The summed E-state index contributed by atoms with van der Waals surface area (Å²) in [6.45, 7) is 1.27. The molecule has 1 aliphatic carbocycles. The highest BCUT2D eigenvalue weighted by atomic mass is 16.2. The van der Waals surface area contributed by atoms with Crippen LogP contribution >= 0.6 is 0 Å². The predicted octanol–water partition coefficient (Wildman–Crippen LogP) is 2.32. The molecule has 1 aromatic carbocycles. The van der Waals surface area contributed by atoms with E-state index in [9.17, 15) is 9.59 Å². The molecule has 1 aromatic rings. The van der Waals surface area contributed by atoms with Crippen LogP contribution in [0.25, 0.3) is 0 Å². The molecule has 1 spiro atoms. The van der Waals surface area contributed by atoms with Gasteiger partial charge in [-0.25, -0.2) is 0 Å². The van der Waals surface area contributed by atoms with Crippen LogP contribution in [0, 0.1) is 5.92 Å². The topological polar surface area (TPSA) is 40.6 Å². The number of carbonyl (C=O) groups excluding carboxylic acids is 2. The molecule has 1 saturated carbocycles. The van der Waals surface area contributed by atoms with E-state index in [1.807, 2.05) is 30.1 Å². The number of para-hydroxylation sites is 1. The van der Waals surface area contributed by atoms with E-state index in [2.05, 4.69) is 6.07 Å². The van der Waals surface area contributed by atoms with Crippen molar-refractivity contribution in [3.63, 3.8) is 0 Å². The average Bonchev–Trinajstić information content (AvgIpc) is 3.26. The summed E-state index contributed by atoms with van der Waals surface area (Å²) < 4.78 is 0. The van der Waals surface area contributed by atoms with Crippen molar-refractivity contribution in [1.29, 1.82) is 0 Å². The van der Waals surface area contributed by atoms with Crippen molar-refractivity contribution in [2.75, 3.05) is 25.0 Å².